The van der Waals surface area contributed by atoms with Crippen molar-refractivity contribution in [2.24, 2.45) is 0 Å². The molecule has 6 rings (SSSR count). The van der Waals surface area contributed by atoms with E-state index in [4.69, 9.17) is 4.74 Å². The Morgan fingerprint density at radius 1 is 1.04 bits per heavy atom. The topological polar surface area (TPSA) is 89.4 Å². The SMILES string of the molecule is O=C(/C=C/C1=CCC=C1)c1cccc(OCCCn2cc(CN[C@@H]3C(=O)N(c4ccc(F)cc4)[C@@H]3/C=C/c3ccccc3)nn2)c1. The van der Waals surface area contributed by atoms with Gasteiger partial charge in [0.25, 0.3) is 0 Å². The van der Waals surface area contributed by atoms with E-state index in [-0.39, 0.29) is 23.5 Å². The molecule has 232 valence electrons. The first-order valence-electron chi connectivity index (χ1n) is 15.3. The average molecular weight is 616 g/mol. The molecular weight excluding hydrogens is 581 g/mol. The van der Waals surface area contributed by atoms with E-state index in [2.05, 4.69) is 27.8 Å². The van der Waals surface area contributed by atoms with Gasteiger partial charge in [0.15, 0.2) is 5.78 Å². The molecule has 2 aliphatic rings. The molecule has 2 atom stereocenters. The summed E-state index contributed by atoms with van der Waals surface area (Å²) in [6.45, 7) is 1.41. The summed E-state index contributed by atoms with van der Waals surface area (Å²) in [6.07, 6.45) is 17.0. The van der Waals surface area contributed by atoms with Crippen LogP contribution in [0.25, 0.3) is 6.08 Å². The minimum absolute atomic E-state index is 0.0688. The van der Waals surface area contributed by atoms with Crippen LogP contribution in [-0.4, -0.2) is 45.4 Å². The van der Waals surface area contributed by atoms with Crippen molar-refractivity contribution in [2.75, 3.05) is 11.5 Å². The van der Waals surface area contributed by atoms with Crippen LogP contribution in [-0.2, 0) is 17.9 Å². The second kappa shape index (κ2) is 14.6. The Morgan fingerprint density at radius 3 is 2.70 bits per heavy atom. The maximum absolute atomic E-state index is 13.5. The highest BCUT2D eigenvalue weighted by atomic mass is 19.1. The van der Waals surface area contributed by atoms with E-state index in [1.165, 1.54) is 12.1 Å². The fourth-order valence-electron chi connectivity index (χ4n) is 5.36. The van der Waals surface area contributed by atoms with Gasteiger partial charge in [-0.1, -0.05) is 84.1 Å². The van der Waals surface area contributed by atoms with Gasteiger partial charge in [0.2, 0.25) is 5.91 Å². The van der Waals surface area contributed by atoms with Crippen LogP contribution < -0.4 is 15.0 Å². The number of ether oxygens (including phenoxy) is 1. The molecule has 1 aliphatic heterocycles. The third kappa shape index (κ3) is 7.62. The molecule has 0 saturated carbocycles. The Morgan fingerprint density at radius 2 is 1.89 bits per heavy atom. The Hall–Kier alpha value is -5.41. The maximum Gasteiger partial charge on any atom is 0.247 e. The first-order chi connectivity index (χ1) is 22.5. The van der Waals surface area contributed by atoms with Gasteiger partial charge >= 0.3 is 0 Å². The molecule has 2 heterocycles. The van der Waals surface area contributed by atoms with Crippen LogP contribution in [0, 0.1) is 5.82 Å². The normalized spacial score (nSPS) is 17.5. The van der Waals surface area contributed by atoms with E-state index in [0.29, 0.717) is 48.8 Å². The van der Waals surface area contributed by atoms with Gasteiger partial charge in [-0.05, 0) is 60.0 Å². The van der Waals surface area contributed by atoms with Crippen LogP contribution in [0.15, 0.2) is 127 Å². The van der Waals surface area contributed by atoms with E-state index >= 15 is 0 Å². The molecule has 0 spiro atoms. The smallest absolute Gasteiger partial charge is 0.247 e. The quantitative estimate of drug-likeness (QED) is 0.0799. The lowest BCUT2D eigenvalue weighted by molar-refractivity contribution is -0.126. The number of aryl methyl sites for hydroxylation is 1. The number of hydrogen-bond donors (Lipinski definition) is 1. The zero-order valence-corrected chi connectivity index (χ0v) is 25.2. The number of carbonyl (C=O) groups excluding carboxylic acids is 2. The predicted molar refractivity (Wildman–Crippen MR) is 176 cm³/mol. The van der Waals surface area contributed by atoms with E-state index in [1.807, 2.05) is 73.0 Å². The number of carbonyl (C=O) groups is 2. The van der Waals surface area contributed by atoms with Crippen LogP contribution in [0.1, 0.15) is 34.5 Å². The summed E-state index contributed by atoms with van der Waals surface area (Å²) in [5.41, 5.74) is 4.00. The van der Waals surface area contributed by atoms with Gasteiger partial charge in [0.05, 0.1) is 18.3 Å². The molecule has 3 aromatic carbocycles. The van der Waals surface area contributed by atoms with Crippen molar-refractivity contribution in [1.29, 1.82) is 0 Å². The first-order valence-corrected chi connectivity index (χ1v) is 15.3. The minimum Gasteiger partial charge on any atom is -0.494 e. The van der Waals surface area contributed by atoms with Gasteiger partial charge in [-0.2, -0.15) is 0 Å². The van der Waals surface area contributed by atoms with Crippen molar-refractivity contribution >= 4 is 23.5 Å². The third-order valence-electron chi connectivity index (χ3n) is 7.77. The van der Waals surface area contributed by atoms with Gasteiger partial charge < -0.3 is 9.64 Å². The molecule has 0 bridgehead atoms. The fraction of sp³-hybridized carbons (Fsp3) is 0.189. The van der Waals surface area contributed by atoms with Crippen molar-refractivity contribution < 1.29 is 18.7 Å². The monoisotopic (exact) mass is 615 g/mol. The van der Waals surface area contributed by atoms with Crippen LogP contribution in [0.3, 0.4) is 0 Å². The minimum atomic E-state index is -0.460. The predicted octanol–water partition coefficient (Wildman–Crippen LogP) is 6.10. The summed E-state index contributed by atoms with van der Waals surface area (Å²) in [5, 5.41) is 11.8. The third-order valence-corrected chi connectivity index (χ3v) is 7.77. The van der Waals surface area contributed by atoms with Crippen LogP contribution in [0.4, 0.5) is 10.1 Å². The zero-order chi connectivity index (χ0) is 31.7. The summed E-state index contributed by atoms with van der Waals surface area (Å²) >= 11 is 0. The van der Waals surface area contributed by atoms with Gasteiger partial charge in [-0.3, -0.25) is 19.6 Å². The lowest BCUT2D eigenvalue weighted by Gasteiger charge is -2.46. The lowest BCUT2D eigenvalue weighted by atomic mass is 9.92. The molecule has 46 heavy (non-hydrogen) atoms. The molecule has 8 nitrogen and oxygen atoms in total. The van der Waals surface area contributed by atoms with Gasteiger partial charge in [0, 0.05) is 37.0 Å². The highest BCUT2D eigenvalue weighted by Gasteiger charge is 2.46. The molecule has 1 aromatic heterocycles. The number of benzene rings is 3. The standard InChI is InChI=1S/C37H34FN5O3/c38-30-16-18-32(19-17-30)43-34(20-14-27-8-2-1-3-9-27)36(37(43)45)39-25-31-26-42(41-40-31)22-7-23-46-33-13-6-12-29(24-33)35(44)21-15-28-10-4-5-11-28/h1-4,6,8-21,24,26,34,36,39H,5,7,22-23,25H2/b20-14+,21-15+/t34-,36+/m1/s1. The molecular formula is C37H34FN5O3. The van der Waals surface area contributed by atoms with E-state index in [1.54, 1.807) is 39.9 Å². The van der Waals surface area contributed by atoms with Crippen LogP contribution in [0.2, 0.25) is 0 Å². The second-order valence-electron chi connectivity index (χ2n) is 11.0. The Bertz CT molecular complexity index is 1790. The molecule has 1 N–H and O–H groups in total. The van der Waals surface area contributed by atoms with Crippen molar-refractivity contribution in [3.8, 4) is 5.75 Å². The van der Waals surface area contributed by atoms with Crippen molar-refractivity contribution in [2.45, 2.75) is 38.0 Å². The number of rotatable bonds is 14. The number of ketones is 1. The Kier molecular flexibility index (Phi) is 9.70. The highest BCUT2D eigenvalue weighted by molar-refractivity contribution is 6.06. The molecule has 1 amide bonds. The fourth-order valence-corrected chi connectivity index (χ4v) is 5.36. The van der Waals surface area contributed by atoms with Gasteiger partial charge in [0.1, 0.15) is 17.6 Å². The molecule has 1 fully saturated rings. The number of nitrogens with zero attached hydrogens (tertiary/aromatic N) is 4. The first kappa shape index (κ1) is 30.6. The summed E-state index contributed by atoms with van der Waals surface area (Å²) < 4.78 is 21.2. The molecule has 4 aromatic rings. The highest BCUT2D eigenvalue weighted by Crippen LogP contribution is 2.30. The number of allylic oxidation sites excluding steroid dienone is 6. The number of halogens is 1. The summed E-state index contributed by atoms with van der Waals surface area (Å²) in [5.74, 6) is 0.125. The largest absolute Gasteiger partial charge is 0.494 e. The van der Waals surface area contributed by atoms with Gasteiger partial charge in [-0.25, -0.2) is 4.39 Å². The maximum atomic E-state index is 13.5. The summed E-state index contributed by atoms with van der Waals surface area (Å²) in [7, 11) is 0. The number of amides is 1. The van der Waals surface area contributed by atoms with Crippen molar-refractivity contribution in [1.82, 2.24) is 20.3 Å². The molecule has 0 radical (unpaired) electrons. The number of β-lactam (4-membered cyclic amide) rings is 1. The summed E-state index contributed by atoms with van der Waals surface area (Å²) in [4.78, 5) is 27.4. The number of nitrogens with one attached hydrogen (secondary N) is 1. The molecule has 0 unspecified atom stereocenters. The average Bonchev–Trinajstić information content (AvgIpc) is 3.78. The van der Waals surface area contributed by atoms with Crippen molar-refractivity contribution in [3.63, 3.8) is 0 Å². The van der Waals surface area contributed by atoms with E-state index in [9.17, 15) is 14.0 Å². The zero-order valence-electron chi connectivity index (χ0n) is 25.2. The molecule has 9 heteroatoms. The van der Waals surface area contributed by atoms with Crippen LogP contribution >= 0.6 is 0 Å². The van der Waals surface area contributed by atoms with Gasteiger partial charge in [-0.15, -0.1) is 5.10 Å². The lowest BCUT2D eigenvalue weighted by Crippen LogP contribution is -2.69. The van der Waals surface area contributed by atoms with Crippen molar-refractivity contribution in [3.05, 3.63) is 150 Å². The molecule has 1 aliphatic carbocycles. The molecule has 1 saturated heterocycles. The van der Waals surface area contributed by atoms with Crippen LogP contribution in [0.5, 0.6) is 5.75 Å². The number of anilines is 1. The number of aromatic nitrogens is 3. The van der Waals surface area contributed by atoms with E-state index < -0.39 is 6.04 Å². The van der Waals surface area contributed by atoms with E-state index in [0.717, 1.165) is 17.6 Å². The Labute approximate surface area is 267 Å². The Balaban J connectivity index is 0.993. The number of hydrogen-bond acceptors (Lipinski definition) is 6. The second-order valence-corrected chi connectivity index (χ2v) is 11.0. The summed E-state index contributed by atoms with van der Waals surface area (Å²) in [6, 6.07) is 22.3.